The molecule has 2 aliphatic rings. The number of rotatable bonds is 2. The third kappa shape index (κ3) is 1.54. The standard InChI is InChI=1S/C9H17N3/c1-10-9(11-2)12-8-5-7(8)6-3-4-6/h6-8H,3-5H2,1-2H3,(H2,10,11,12). The third-order valence-corrected chi connectivity index (χ3v) is 2.85. The molecule has 2 aliphatic carbocycles. The van der Waals surface area contributed by atoms with E-state index < -0.39 is 0 Å². The van der Waals surface area contributed by atoms with Crippen molar-refractivity contribution in [2.75, 3.05) is 14.1 Å². The van der Waals surface area contributed by atoms with Crippen LogP contribution in [0.4, 0.5) is 0 Å². The van der Waals surface area contributed by atoms with Crippen molar-refractivity contribution < 1.29 is 0 Å². The Balaban J connectivity index is 1.74. The zero-order valence-corrected chi connectivity index (χ0v) is 7.80. The molecule has 2 unspecified atom stereocenters. The summed E-state index contributed by atoms with van der Waals surface area (Å²) < 4.78 is 0. The van der Waals surface area contributed by atoms with E-state index in [0.717, 1.165) is 17.8 Å². The molecular weight excluding hydrogens is 150 g/mol. The van der Waals surface area contributed by atoms with Crippen molar-refractivity contribution in [2.24, 2.45) is 16.8 Å². The predicted molar refractivity (Wildman–Crippen MR) is 50.2 cm³/mol. The summed E-state index contributed by atoms with van der Waals surface area (Å²) >= 11 is 0. The lowest BCUT2D eigenvalue weighted by atomic mass is 10.3. The zero-order valence-electron chi connectivity index (χ0n) is 7.80. The first-order chi connectivity index (χ1) is 5.85. The molecular formula is C9H17N3. The van der Waals surface area contributed by atoms with Gasteiger partial charge < -0.3 is 10.6 Å². The van der Waals surface area contributed by atoms with E-state index in [4.69, 9.17) is 0 Å². The first-order valence-electron chi connectivity index (χ1n) is 4.76. The highest BCUT2D eigenvalue weighted by molar-refractivity contribution is 5.80. The molecule has 0 aromatic carbocycles. The smallest absolute Gasteiger partial charge is 0.190 e. The molecule has 0 aromatic rings. The molecule has 2 rings (SSSR count). The van der Waals surface area contributed by atoms with Crippen LogP contribution in [0.2, 0.25) is 0 Å². The fraction of sp³-hybridized carbons (Fsp3) is 0.889. The van der Waals surface area contributed by atoms with Gasteiger partial charge in [-0.15, -0.1) is 0 Å². The van der Waals surface area contributed by atoms with E-state index in [2.05, 4.69) is 15.6 Å². The molecule has 3 nitrogen and oxygen atoms in total. The van der Waals surface area contributed by atoms with Crippen LogP contribution in [-0.4, -0.2) is 26.1 Å². The fourth-order valence-electron chi connectivity index (χ4n) is 1.85. The van der Waals surface area contributed by atoms with E-state index in [9.17, 15) is 0 Å². The van der Waals surface area contributed by atoms with Gasteiger partial charge in [0, 0.05) is 20.1 Å². The third-order valence-electron chi connectivity index (χ3n) is 2.85. The molecule has 0 aliphatic heterocycles. The molecule has 68 valence electrons. The summed E-state index contributed by atoms with van der Waals surface area (Å²) in [5.41, 5.74) is 0. The van der Waals surface area contributed by atoms with Gasteiger partial charge >= 0.3 is 0 Å². The number of nitrogens with one attached hydrogen (secondary N) is 2. The molecule has 0 bridgehead atoms. The van der Waals surface area contributed by atoms with Crippen LogP contribution in [-0.2, 0) is 0 Å². The second kappa shape index (κ2) is 2.96. The minimum atomic E-state index is 0.712. The van der Waals surface area contributed by atoms with Gasteiger partial charge in [0.2, 0.25) is 0 Å². The number of hydrogen-bond donors (Lipinski definition) is 2. The van der Waals surface area contributed by atoms with Gasteiger partial charge in [-0.25, -0.2) is 0 Å². The lowest BCUT2D eigenvalue weighted by Gasteiger charge is -2.06. The Labute approximate surface area is 73.6 Å². The van der Waals surface area contributed by atoms with Gasteiger partial charge in [-0.05, 0) is 31.1 Å². The number of guanidine groups is 1. The van der Waals surface area contributed by atoms with Crippen LogP contribution in [0.3, 0.4) is 0 Å². The first-order valence-corrected chi connectivity index (χ1v) is 4.76. The maximum absolute atomic E-state index is 4.10. The van der Waals surface area contributed by atoms with Crippen LogP contribution in [0.1, 0.15) is 19.3 Å². The topological polar surface area (TPSA) is 36.4 Å². The van der Waals surface area contributed by atoms with Crippen LogP contribution < -0.4 is 10.6 Å². The fourth-order valence-corrected chi connectivity index (χ4v) is 1.85. The maximum atomic E-state index is 4.10. The average molecular weight is 167 g/mol. The Morgan fingerprint density at radius 1 is 1.42 bits per heavy atom. The number of aliphatic imine (C=N–C) groups is 1. The molecule has 0 radical (unpaired) electrons. The Morgan fingerprint density at radius 3 is 2.67 bits per heavy atom. The minimum Gasteiger partial charge on any atom is -0.359 e. The van der Waals surface area contributed by atoms with Crippen LogP contribution in [0, 0.1) is 11.8 Å². The van der Waals surface area contributed by atoms with Crippen LogP contribution in [0.25, 0.3) is 0 Å². The van der Waals surface area contributed by atoms with Gasteiger partial charge in [0.15, 0.2) is 5.96 Å². The molecule has 0 saturated heterocycles. The first kappa shape index (κ1) is 7.90. The molecule has 0 heterocycles. The van der Waals surface area contributed by atoms with Crippen molar-refractivity contribution in [2.45, 2.75) is 25.3 Å². The molecule has 0 aromatic heterocycles. The number of nitrogens with zero attached hydrogens (tertiary/aromatic N) is 1. The van der Waals surface area contributed by atoms with Crippen molar-refractivity contribution in [3.63, 3.8) is 0 Å². The molecule has 2 N–H and O–H groups in total. The van der Waals surface area contributed by atoms with E-state index in [1.807, 2.05) is 14.1 Å². The van der Waals surface area contributed by atoms with Crippen molar-refractivity contribution in [3.05, 3.63) is 0 Å². The molecule has 2 fully saturated rings. The van der Waals surface area contributed by atoms with E-state index in [0.29, 0.717) is 6.04 Å². The monoisotopic (exact) mass is 167 g/mol. The summed E-state index contributed by atoms with van der Waals surface area (Å²) in [4.78, 5) is 4.10. The van der Waals surface area contributed by atoms with Crippen LogP contribution in [0.15, 0.2) is 4.99 Å². The van der Waals surface area contributed by atoms with Crippen molar-refractivity contribution in [1.82, 2.24) is 10.6 Å². The SMILES string of the molecule is CN=C(NC)NC1CC1C1CC1. The quantitative estimate of drug-likeness (QED) is 0.466. The zero-order chi connectivity index (χ0) is 8.55. The molecule has 0 spiro atoms. The molecule has 2 saturated carbocycles. The van der Waals surface area contributed by atoms with Crippen LogP contribution >= 0.6 is 0 Å². The largest absolute Gasteiger partial charge is 0.359 e. The maximum Gasteiger partial charge on any atom is 0.190 e. The molecule has 2 atom stereocenters. The highest BCUT2D eigenvalue weighted by Crippen LogP contribution is 2.49. The van der Waals surface area contributed by atoms with Crippen LogP contribution in [0.5, 0.6) is 0 Å². The van der Waals surface area contributed by atoms with Gasteiger partial charge in [-0.3, -0.25) is 4.99 Å². The van der Waals surface area contributed by atoms with E-state index in [-0.39, 0.29) is 0 Å². The Hall–Kier alpha value is -0.730. The minimum absolute atomic E-state index is 0.712. The predicted octanol–water partition coefficient (Wildman–Crippen LogP) is 0.580. The lowest BCUT2D eigenvalue weighted by Crippen LogP contribution is -2.36. The van der Waals surface area contributed by atoms with E-state index >= 15 is 0 Å². The summed E-state index contributed by atoms with van der Waals surface area (Å²) in [5.74, 6) is 2.93. The van der Waals surface area contributed by atoms with Gasteiger partial charge in [0.25, 0.3) is 0 Å². The Morgan fingerprint density at radius 2 is 2.17 bits per heavy atom. The Kier molecular flexibility index (Phi) is 1.95. The number of hydrogen-bond acceptors (Lipinski definition) is 1. The highest BCUT2D eigenvalue weighted by atomic mass is 15.2. The van der Waals surface area contributed by atoms with Gasteiger partial charge in [0.05, 0.1) is 0 Å². The van der Waals surface area contributed by atoms with Crippen molar-refractivity contribution >= 4 is 5.96 Å². The van der Waals surface area contributed by atoms with Crippen molar-refractivity contribution in [1.29, 1.82) is 0 Å². The van der Waals surface area contributed by atoms with Gasteiger partial charge in [-0.1, -0.05) is 0 Å². The summed E-state index contributed by atoms with van der Waals surface area (Å²) in [6.07, 6.45) is 4.27. The summed E-state index contributed by atoms with van der Waals surface area (Å²) in [6, 6.07) is 0.712. The summed E-state index contributed by atoms with van der Waals surface area (Å²) in [7, 11) is 3.72. The molecule has 12 heavy (non-hydrogen) atoms. The second-order valence-corrected chi connectivity index (χ2v) is 3.81. The second-order valence-electron chi connectivity index (χ2n) is 3.81. The average Bonchev–Trinajstić information content (AvgIpc) is 2.92. The summed E-state index contributed by atoms with van der Waals surface area (Å²) in [5, 5.41) is 6.44. The summed E-state index contributed by atoms with van der Waals surface area (Å²) in [6.45, 7) is 0. The van der Waals surface area contributed by atoms with E-state index in [1.54, 1.807) is 0 Å². The van der Waals surface area contributed by atoms with E-state index in [1.165, 1.54) is 19.3 Å². The van der Waals surface area contributed by atoms with Gasteiger partial charge in [-0.2, -0.15) is 0 Å². The molecule has 0 amide bonds. The van der Waals surface area contributed by atoms with Crippen molar-refractivity contribution in [3.8, 4) is 0 Å². The molecule has 3 heteroatoms. The normalized spacial score (nSPS) is 34.7. The Bertz CT molecular complexity index is 196. The lowest BCUT2D eigenvalue weighted by molar-refractivity contribution is 0.657. The van der Waals surface area contributed by atoms with Gasteiger partial charge in [0.1, 0.15) is 0 Å². The highest BCUT2D eigenvalue weighted by Gasteiger charge is 2.47.